The standard InChI is InChI=1S/C27H25Cl2N3/c28-22-5-3-4-21(16-22)27(20-8-6-19(7-9-20)18-32-14-1-2-15-32)31-25-12-13-30-26-17-23(29)10-11-24(25)26/h3-13,16-17,27H,1-2,14-15,18H2,(H,30,31)/t27-/m0/s1. The van der Waals surface area contributed by atoms with Crippen molar-refractivity contribution in [3.05, 3.63) is 106 Å². The second-order valence-corrected chi connectivity index (χ2v) is 9.25. The summed E-state index contributed by atoms with van der Waals surface area (Å²) in [6.07, 6.45) is 4.43. The summed E-state index contributed by atoms with van der Waals surface area (Å²) < 4.78 is 0. The lowest BCUT2D eigenvalue weighted by molar-refractivity contribution is 0.331. The maximum absolute atomic E-state index is 6.35. The van der Waals surface area contributed by atoms with E-state index in [1.807, 2.05) is 48.7 Å². The zero-order chi connectivity index (χ0) is 21.9. The monoisotopic (exact) mass is 461 g/mol. The van der Waals surface area contributed by atoms with Crippen molar-refractivity contribution in [3.63, 3.8) is 0 Å². The van der Waals surface area contributed by atoms with Crippen molar-refractivity contribution in [2.45, 2.75) is 25.4 Å². The Morgan fingerprint density at radius 3 is 2.41 bits per heavy atom. The molecule has 1 saturated heterocycles. The first kappa shape index (κ1) is 21.3. The highest BCUT2D eigenvalue weighted by Gasteiger charge is 2.17. The number of aromatic nitrogens is 1. The molecule has 5 heteroatoms. The lowest BCUT2D eigenvalue weighted by atomic mass is 9.97. The highest BCUT2D eigenvalue weighted by atomic mass is 35.5. The van der Waals surface area contributed by atoms with Crippen LogP contribution in [0.5, 0.6) is 0 Å². The fraction of sp³-hybridized carbons (Fsp3) is 0.222. The van der Waals surface area contributed by atoms with Gasteiger partial charge in [0, 0.05) is 33.9 Å². The smallest absolute Gasteiger partial charge is 0.0768 e. The Morgan fingerprint density at radius 1 is 0.844 bits per heavy atom. The molecule has 0 spiro atoms. The third-order valence-electron chi connectivity index (χ3n) is 6.10. The van der Waals surface area contributed by atoms with Crippen LogP contribution in [0.3, 0.4) is 0 Å². The number of pyridine rings is 1. The largest absolute Gasteiger partial charge is 0.374 e. The number of anilines is 1. The highest BCUT2D eigenvalue weighted by molar-refractivity contribution is 6.31. The van der Waals surface area contributed by atoms with Crippen LogP contribution in [-0.2, 0) is 6.54 Å². The van der Waals surface area contributed by atoms with Crippen molar-refractivity contribution in [2.75, 3.05) is 18.4 Å². The zero-order valence-corrected chi connectivity index (χ0v) is 19.3. The van der Waals surface area contributed by atoms with Gasteiger partial charge in [-0.2, -0.15) is 0 Å². The quantitative estimate of drug-likeness (QED) is 0.325. The summed E-state index contributed by atoms with van der Waals surface area (Å²) in [6, 6.07) is 24.8. The molecule has 0 radical (unpaired) electrons. The topological polar surface area (TPSA) is 28.2 Å². The van der Waals surface area contributed by atoms with E-state index in [-0.39, 0.29) is 6.04 Å². The molecular formula is C27H25Cl2N3. The highest BCUT2D eigenvalue weighted by Crippen LogP contribution is 2.32. The average Bonchev–Trinajstić information content (AvgIpc) is 3.31. The first-order valence-electron chi connectivity index (χ1n) is 11.0. The SMILES string of the molecule is Clc1cccc([C@@H](Nc2ccnc3cc(Cl)ccc23)c2ccc(CN3CCCC3)cc2)c1. The van der Waals surface area contributed by atoms with Crippen molar-refractivity contribution < 1.29 is 0 Å². The summed E-state index contributed by atoms with van der Waals surface area (Å²) in [7, 11) is 0. The summed E-state index contributed by atoms with van der Waals surface area (Å²) in [4.78, 5) is 7.00. The number of hydrogen-bond donors (Lipinski definition) is 1. The van der Waals surface area contributed by atoms with Crippen LogP contribution in [0, 0.1) is 0 Å². The zero-order valence-electron chi connectivity index (χ0n) is 17.8. The van der Waals surface area contributed by atoms with Gasteiger partial charge < -0.3 is 5.32 Å². The summed E-state index contributed by atoms with van der Waals surface area (Å²) >= 11 is 12.5. The van der Waals surface area contributed by atoms with Crippen molar-refractivity contribution in [3.8, 4) is 0 Å². The number of benzene rings is 3. The molecule has 5 rings (SSSR count). The van der Waals surface area contributed by atoms with Gasteiger partial charge >= 0.3 is 0 Å². The molecule has 1 aromatic heterocycles. The second kappa shape index (κ2) is 9.50. The van der Waals surface area contributed by atoms with E-state index in [1.165, 1.54) is 37.1 Å². The van der Waals surface area contributed by atoms with E-state index in [9.17, 15) is 0 Å². The molecule has 1 fully saturated rings. The lowest BCUT2D eigenvalue weighted by Crippen LogP contribution is -2.18. The van der Waals surface area contributed by atoms with Gasteiger partial charge in [0.25, 0.3) is 0 Å². The summed E-state index contributed by atoms with van der Waals surface area (Å²) in [5, 5.41) is 6.19. The second-order valence-electron chi connectivity index (χ2n) is 8.38. The van der Waals surface area contributed by atoms with Gasteiger partial charge in [-0.15, -0.1) is 0 Å². The van der Waals surface area contributed by atoms with E-state index >= 15 is 0 Å². The van der Waals surface area contributed by atoms with Gasteiger partial charge in [0.2, 0.25) is 0 Å². The van der Waals surface area contributed by atoms with Crippen molar-refractivity contribution in [1.82, 2.24) is 9.88 Å². The summed E-state index contributed by atoms with van der Waals surface area (Å²) in [6.45, 7) is 3.42. The molecule has 4 aromatic rings. The van der Waals surface area contributed by atoms with Gasteiger partial charge in [0.15, 0.2) is 0 Å². The van der Waals surface area contributed by atoms with Crippen molar-refractivity contribution in [1.29, 1.82) is 0 Å². The van der Waals surface area contributed by atoms with Gasteiger partial charge in [-0.1, -0.05) is 59.6 Å². The van der Waals surface area contributed by atoms with Gasteiger partial charge in [-0.25, -0.2) is 0 Å². The fourth-order valence-electron chi connectivity index (χ4n) is 4.46. The van der Waals surface area contributed by atoms with Crippen LogP contribution >= 0.6 is 23.2 Å². The number of likely N-dealkylation sites (tertiary alicyclic amines) is 1. The summed E-state index contributed by atoms with van der Waals surface area (Å²) in [5.74, 6) is 0. The Hall–Kier alpha value is -2.59. The predicted molar refractivity (Wildman–Crippen MR) is 135 cm³/mol. The van der Waals surface area contributed by atoms with E-state index in [4.69, 9.17) is 23.2 Å². The first-order chi connectivity index (χ1) is 15.7. The van der Waals surface area contributed by atoms with E-state index in [2.05, 4.69) is 45.5 Å². The molecule has 162 valence electrons. The molecule has 1 atom stereocenters. The molecule has 0 saturated carbocycles. The fourth-order valence-corrected chi connectivity index (χ4v) is 4.83. The lowest BCUT2D eigenvalue weighted by Gasteiger charge is -2.23. The third-order valence-corrected chi connectivity index (χ3v) is 6.57. The Kier molecular flexibility index (Phi) is 6.31. The van der Waals surface area contributed by atoms with Crippen LogP contribution in [0.25, 0.3) is 10.9 Å². The molecule has 1 N–H and O–H groups in total. The molecule has 3 aromatic carbocycles. The number of nitrogens with zero attached hydrogens (tertiary/aromatic N) is 2. The molecule has 1 aliphatic rings. The van der Waals surface area contributed by atoms with Crippen LogP contribution in [-0.4, -0.2) is 23.0 Å². The number of halogens is 2. The summed E-state index contributed by atoms with van der Waals surface area (Å²) in [5.41, 5.74) is 5.54. The minimum atomic E-state index is -0.0455. The Labute approximate surface area is 199 Å². The van der Waals surface area contributed by atoms with E-state index in [0.29, 0.717) is 5.02 Å². The minimum absolute atomic E-state index is 0.0455. The van der Waals surface area contributed by atoms with Crippen LogP contribution in [0.15, 0.2) is 79.0 Å². The molecule has 0 unspecified atom stereocenters. The van der Waals surface area contributed by atoms with Gasteiger partial charge in [-0.3, -0.25) is 9.88 Å². The maximum atomic E-state index is 6.35. The van der Waals surface area contributed by atoms with Gasteiger partial charge in [-0.05, 0) is 79.0 Å². The average molecular weight is 462 g/mol. The van der Waals surface area contributed by atoms with Crippen LogP contribution in [0.4, 0.5) is 5.69 Å². The number of nitrogens with one attached hydrogen (secondary N) is 1. The number of rotatable bonds is 6. The van der Waals surface area contributed by atoms with E-state index in [0.717, 1.165) is 33.7 Å². The number of fused-ring (bicyclic) bond motifs is 1. The maximum Gasteiger partial charge on any atom is 0.0768 e. The number of hydrogen-bond acceptors (Lipinski definition) is 3. The predicted octanol–water partition coefficient (Wildman–Crippen LogP) is 7.34. The van der Waals surface area contributed by atoms with Crippen LogP contribution < -0.4 is 5.32 Å². The van der Waals surface area contributed by atoms with E-state index < -0.39 is 0 Å². The molecule has 0 aliphatic carbocycles. The van der Waals surface area contributed by atoms with Crippen LogP contribution in [0.1, 0.15) is 35.6 Å². The molecule has 1 aliphatic heterocycles. The third kappa shape index (κ3) is 4.75. The molecular weight excluding hydrogens is 437 g/mol. The Bertz CT molecular complexity index is 1220. The van der Waals surface area contributed by atoms with Crippen molar-refractivity contribution >= 4 is 39.8 Å². The normalized spacial score (nSPS) is 15.2. The molecule has 0 amide bonds. The minimum Gasteiger partial charge on any atom is -0.374 e. The van der Waals surface area contributed by atoms with Crippen molar-refractivity contribution in [2.24, 2.45) is 0 Å². The van der Waals surface area contributed by atoms with Gasteiger partial charge in [0.05, 0.1) is 11.6 Å². The Morgan fingerprint density at radius 2 is 1.62 bits per heavy atom. The molecule has 0 bridgehead atoms. The Balaban J connectivity index is 1.49. The molecule has 3 nitrogen and oxygen atoms in total. The molecule has 32 heavy (non-hydrogen) atoms. The van der Waals surface area contributed by atoms with E-state index in [1.54, 1.807) is 0 Å². The van der Waals surface area contributed by atoms with Gasteiger partial charge in [0.1, 0.15) is 0 Å². The first-order valence-corrected chi connectivity index (χ1v) is 11.8. The van der Waals surface area contributed by atoms with Crippen LogP contribution in [0.2, 0.25) is 10.0 Å². The molecule has 2 heterocycles.